The summed E-state index contributed by atoms with van der Waals surface area (Å²) in [5.41, 5.74) is 1.16. The van der Waals surface area contributed by atoms with Gasteiger partial charge in [0.1, 0.15) is 11.6 Å². The molecule has 1 N–H and O–H groups in total. The van der Waals surface area contributed by atoms with Crippen LogP contribution in [0.25, 0.3) is 0 Å². The molecule has 1 atom stereocenters. The number of anilines is 1. The number of nitrogens with one attached hydrogen (secondary N) is 1. The first-order chi connectivity index (χ1) is 9.74. The van der Waals surface area contributed by atoms with E-state index >= 15 is 0 Å². The molecule has 0 bridgehead atoms. The molecule has 2 fully saturated rings. The van der Waals surface area contributed by atoms with E-state index < -0.39 is 0 Å². The molecule has 1 unspecified atom stereocenters. The van der Waals surface area contributed by atoms with Gasteiger partial charge >= 0.3 is 0 Å². The zero-order chi connectivity index (χ0) is 13.9. The second kappa shape index (κ2) is 6.08. The van der Waals surface area contributed by atoms with Crippen LogP contribution in [0.3, 0.4) is 0 Å². The Bertz CT molecular complexity index is 450. The highest BCUT2D eigenvalue weighted by Crippen LogP contribution is 2.31. The number of rotatable bonds is 6. The van der Waals surface area contributed by atoms with Crippen molar-refractivity contribution in [2.45, 2.75) is 52.0 Å². The van der Waals surface area contributed by atoms with Gasteiger partial charge in [0.25, 0.3) is 0 Å². The van der Waals surface area contributed by atoms with E-state index in [-0.39, 0.29) is 0 Å². The van der Waals surface area contributed by atoms with Crippen LogP contribution in [0.5, 0.6) is 0 Å². The number of aryl methyl sites for hydroxylation is 2. The molecular weight excluding hydrogens is 248 g/mol. The molecule has 2 heterocycles. The van der Waals surface area contributed by atoms with Crippen molar-refractivity contribution in [2.24, 2.45) is 5.92 Å². The van der Waals surface area contributed by atoms with Crippen molar-refractivity contribution in [3.63, 3.8) is 0 Å². The maximum atomic E-state index is 4.69. The summed E-state index contributed by atoms with van der Waals surface area (Å²) in [5.74, 6) is 2.92. The van der Waals surface area contributed by atoms with Gasteiger partial charge in [-0.1, -0.05) is 6.92 Å². The lowest BCUT2D eigenvalue weighted by Crippen LogP contribution is -2.39. The fourth-order valence-electron chi connectivity index (χ4n) is 3.01. The SMILES string of the molecule is CCc1cc(N(CC2CC2)CC2CCCN2)nc(C)n1. The number of hydrogen-bond donors (Lipinski definition) is 1. The van der Waals surface area contributed by atoms with E-state index in [9.17, 15) is 0 Å². The Morgan fingerprint density at radius 2 is 2.10 bits per heavy atom. The van der Waals surface area contributed by atoms with Crippen LogP contribution >= 0.6 is 0 Å². The Morgan fingerprint density at radius 3 is 2.75 bits per heavy atom. The van der Waals surface area contributed by atoms with Crippen LogP contribution < -0.4 is 10.2 Å². The molecule has 1 aliphatic carbocycles. The van der Waals surface area contributed by atoms with Crippen LogP contribution in [-0.2, 0) is 6.42 Å². The molecule has 1 saturated heterocycles. The Labute approximate surface area is 122 Å². The lowest BCUT2D eigenvalue weighted by Gasteiger charge is -2.27. The summed E-state index contributed by atoms with van der Waals surface area (Å²) in [6.45, 7) is 7.60. The molecule has 0 spiro atoms. The largest absolute Gasteiger partial charge is 0.355 e. The molecule has 1 aromatic heterocycles. The lowest BCUT2D eigenvalue weighted by atomic mass is 10.2. The van der Waals surface area contributed by atoms with Gasteiger partial charge in [-0.25, -0.2) is 9.97 Å². The zero-order valence-corrected chi connectivity index (χ0v) is 12.7. The van der Waals surface area contributed by atoms with E-state index in [1.807, 2.05) is 6.92 Å². The smallest absolute Gasteiger partial charge is 0.132 e. The molecule has 2 aliphatic rings. The number of nitrogens with zero attached hydrogens (tertiary/aromatic N) is 3. The van der Waals surface area contributed by atoms with Crippen molar-refractivity contribution in [3.05, 3.63) is 17.6 Å². The van der Waals surface area contributed by atoms with Crippen molar-refractivity contribution in [1.29, 1.82) is 0 Å². The highest BCUT2D eigenvalue weighted by atomic mass is 15.2. The summed E-state index contributed by atoms with van der Waals surface area (Å²) in [6.07, 6.45) is 6.37. The lowest BCUT2D eigenvalue weighted by molar-refractivity contribution is 0.566. The van der Waals surface area contributed by atoms with Crippen LogP contribution in [0.15, 0.2) is 6.07 Å². The van der Waals surface area contributed by atoms with Crippen molar-refractivity contribution in [1.82, 2.24) is 15.3 Å². The van der Waals surface area contributed by atoms with Crippen LogP contribution in [0.2, 0.25) is 0 Å². The fraction of sp³-hybridized carbons (Fsp3) is 0.750. The molecular formula is C16H26N4. The van der Waals surface area contributed by atoms with Crippen molar-refractivity contribution >= 4 is 5.82 Å². The average molecular weight is 274 g/mol. The van der Waals surface area contributed by atoms with Gasteiger partial charge < -0.3 is 10.2 Å². The molecule has 4 nitrogen and oxygen atoms in total. The second-order valence-electron chi connectivity index (χ2n) is 6.26. The minimum absolute atomic E-state index is 0.633. The Balaban J connectivity index is 1.77. The minimum atomic E-state index is 0.633. The molecule has 0 amide bonds. The van der Waals surface area contributed by atoms with Gasteiger partial charge in [-0.2, -0.15) is 0 Å². The van der Waals surface area contributed by atoms with Crippen molar-refractivity contribution in [2.75, 3.05) is 24.5 Å². The summed E-state index contributed by atoms with van der Waals surface area (Å²) >= 11 is 0. The molecule has 1 aliphatic heterocycles. The molecule has 0 radical (unpaired) electrons. The summed E-state index contributed by atoms with van der Waals surface area (Å²) in [4.78, 5) is 11.7. The Morgan fingerprint density at radius 1 is 1.25 bits per heavy atom. The quantitative estimate of drug-likeness (QED) is 0.864. The number of aromatic nitrogens is 2. The van der Waals surface area contributed by atoms with Gasteiger partial charge in [-0.05, 0) is 51.5 Å². The standard InChI is InChI=1S/C16H26N4/c1-3-14-9-16(19-12(2)18-14)20(10-13-6-7-13)11-15-5-4-8-17-15/h9,13,15,17H,3-8,10-11H2,1-2H3. The van der Waals surface area contributed by atoms with E-state index in [2.05, 4.69) is 28.2 Å². The molecule has 110 valence electrons. The molecule has 4 heteroatoms. The van der Waals surface area contributed by atoms with Crippen molar-refractivity contribution < 1.29 is 0 Å². The topological polar surface area (TPSA) is 41.0 Å². The third-order valence-corrected chi connectivity index (χ3v) is 4.34. The summed E-state index contributed by atoms with van der Waals surface area (Å²) < 4.78 is 0. The molecule has 0 aromatic carbocycles. The van der Waals surface area contributed by atoms with E-state index in [4.69, 9.17) is 4.98 Å². The second-order valence-corrected chi connectivity index (χ2v) is 6.26. The van der Waals surface area contributed by atoms with E-state index in [0.29, 0.717) is 6.04 Å². The molecule has 1 aromatic rings. The van der Waals surface area contributed by atoms with Crippen LogP contribution in [0, 0.1) is 12.8 Å². The molecule has 20 heavy (non-hydrogen) atoms. The van der Waals surface area contributed by atoms with Gasteiger partial charge in [0.15, 0.2) is 0 Å². The highest BCUT2D eigenvalue weighted by molar-refractivity contribution is 5.40. The normalized spacial score (nSPS) is 22.2. The average Bonchev–Trinajstić information content (AvgIpc) is 3.11. The maximum Gasteiger partial charge on any atom is 0.132 e. The van der Waals surface area contributed by atoms with Crippen LogP contribution in [0.1, 0.15) is 44.1 Å². The minimum Gasteiger partial charge on any atom is -0.355 e. The van der Waals surface area contributed by atoms with Gasteiger partial charge in [-0.3, -0.25) is 0 Å². The first-order valence-corrected chi connectivity index (χ1v) is 8.07. The highest BCUT2D eigenvalue weighted by Gasteiger charge is 2.27. The summed E-state index contributed by atoms with van der Waals surface area (Å²) in [7, 11) is 0. The molecule has 3 rings (SSSR count). The summed E-state index contributed by atoms with van der Waals surface area (Å²) in [5, 5.41) is 3.61. The van der Waals surface area contributed by atoms with E-state index in [1.165, 1.54) is 32.2 Å². The van der Waals surface area contributed by atoms with Gasteiger partial charge in [-0.15, -0.1) is 0 Å². The van der Waals surface area contributed by atoms with Crippen LogP contribution in [0.4, 0.5) is 5.82 Å². The van der Waals surface area contributed by atoms with Gasteiger partial charge in [0.2, 0.25) is 0 Å². The van der Waals surface area contributed by atoms with Crippen LogP contribution in [-0.4, -0.2) is 35.6 Å². The van der Waals surface area contributed by atoms with Gasteiger partial charge in [0, 0.05) is 30.9 Å². The fourth-order valence-corrected chi connectivity index (χ4v) is 3.01. The first-order valence-electron chi connectivity index (χ1n) is 8.07. The predicted molar refractivity (Wildman–Crippen MR) is 82.1 cm³/mol. The predicted octanol–water partition coefficient (Wildman–Crippen LogP) is 2.32. The third kappa shape index (κ3) is 3.48. The Kier molecular flexibility index (Phi) is 4.20. The van der Waals surface area contributed by atoms with Crippen molar-refractivity contribution in [3.8, 4) is 0 Å². The molecule has 1 saturated carbocycles. The first kappa shape index (κ1) is 13.8. The Hall–Kier alpha value is -1.16. The van der Waals surface area contributed by atoms with Gasteiger partial charge in [0.05, 0.1) is 0 Å². The summed E-state index contributed by atoms with van der Waals surface area (Å²) in [6, 6.07) is 2.82. The third-order valence-electron chi connectivity index (χ3n) is 4.34. The number of hydrogen-bond acceptors (Lipinski definition) is 4. The van der Waals surface area contributed by atoms with E-state index in [0.717, 1.165) is 42.8 Å². The maximum absolute atomic E-state index is 4.69. The zero-order valence-electron chi connectivity index (χ0n) is 12.7. The van der Waals surface area contributed by atoms with E-state index in [1.54, 1.807) is 0 Å². The monoisotopic (exact) mass is 274 g/mol.